The lowest BCUT2D eigenvalue weighted by Crippen LogP contribution is -2.00. The summed E-state index contributed by atoms with van der Waals surface area (Å²) in [4.78, 5) is 17.4. The summed E-state index contributed by atoms with van der Waals surface area (Å²) in [5.74, 6) is 0.0486. The van der Waals surface area contributed by atoms with Crippen LogP contribution in [0, 0.1) is 0 Å². The molecule has 136 valence electrons. The zero-order valence-electron chi connectivity index (χ0n) is 15.1. The summed E-state index contributed by atoms with van der Waals surface area (Å²) in [6.07, 6.45) is 0. The van der Waals surface area contributed by atoms with Gasteiger partial charge in [-0.2, -0.15) is 0 Å². The van der Waals surface area contributed by atoms with Gasteiger partial charge in [-0.05, 0) is 72.8 Å². The van der Waals surface area contributed by atoms with E-state index in [0.29, 0.717) is 11.1 Å². The van der Waals surface area contributed by atoms with Gasteiger partial charge < -0.3 is 0 Å². The van der Waals surface area contributed by atoms with Crippen molar-refractivity contribution in [2.24, 2.45) is 0 Å². The highest BCUT2D eigenvalue weighted by molar-refractivity contribution is 7.99. The van der Waals surface area contributed by atoms with Crippen molar-refractivity contribution in [2.75, 3.05) is 0 Å². The highest BCUT2D eigenvalue weighted by Gasteiger charge is 2.09. The average molecular weight is 399 g/mol. The highest BCUT2D eigenvalue weighted by atomic mass is 32.2. The molecule has 4 rings (SSSR count). The number of ketones is 1. The number of benzene rings is 4. The van der Waals surface area contributed by atoms with Crippen LogP contribution in [0.1, 0.15) is 15.9 Å². The Hall–Kier alpha value is -2.75. The van der Waals surface area contributed by atoms with Gasteiger partial charge >= 0.3 is 0 Å². The molecule has 0 unspecified atom stereocenters. The zero-order chi connectivity index (χ0) is 19.2. The second kappa shape index (κ2) is 8.96. The first-order valence-electron chi connectivity index (χ1n) is 8.98. The molecule has 0 radical (unpaired) electrons. The maximum absolute atomic E-state index is 12.8. The Morgan fingerprint density at radius 1 is 0.429 bits per heavy atom. The Morgan fingerprint density at radius 3 is 1.11 bits per heavy atom. The highest BCUT2D eigenvalue weighted by Crippen LogP contribution is 2.29. The molecule has 4 aromatic rings. The van der Waals surface area contributed by atoms with E-state index < -0.39 is 0 Å². The third kappa shape index (κ3) is 4.75. The van der Waals surface area contributed by atoms with Crippen LogP contribution >= 0.6 is 23.5 Å². The van der Waals surface area contributed by atoms with E-state index in [0.717, 1.165) is 9.79 Å². The molecule has 0 aromatic heterocycles. The molecule has 1 nitrogen and oxygen atoms in total. The molecular weight excluding hydrogens is 380 g/mol. The molecule has 28 heavy (non-hydrogen) atoms. The second-order valence-corrected chi connectivity index (χ2v) is 8.50. The maximum atomic E-state index is 12.8. The van der Waals surface area contributed by atoms with Gasteiger partial charge in [0.25, 0.3) is 0 Å². The Kier molecular flexibility index (Phi) is 5.95. The van der Waals surface area contributed by atoms with E-state index in [2.05, 4.69) is 24.3 Å². The van der Waals surface area contributed by atoms with Gasteiger partial charge in [-0.25, -0.2) is 0 Å². The van der Waals surface area contributed by atoms with Crippen molar-refractivity contribution in [3.63, 3.8) is 0 Å². The molecule has 0 aliphatic carbocycles. The summed E-state index contributed by atoms with van der Waals surface area (Å²) in [5, 5.41) is 0. The van der Waals surface area contributed by atoms with Crippen LogP contribution in [0.2, 0.25) is 0 Å². The van der Waals surface area contributed by atoms with Crippen LogP contribution in [0.4, 0.5) is 0 Å². The van der Waals surface area contributed by atoms with Crippen LogP contribution in [-0.2, 0) is 0 Å². The molecule has 0 aliphatic heterocycles. The Bertz CT molecular complexity index is 954. The monoisotopic (exact) mass is 398 g/mol. The average Bonchev–Trinajstić information content (AvgIpc) is 2.76. The second-order valence-electron chi connectivity index (χ2n) is 6.21. The molecule has 0 heterocycles. The smallest absolute Gasteiger partial charge is 0.193 e. The molecular formula is C25H18OS2. The molecule has 0 bridgehead atoms. The number of rotatable bonds is 6. The summed E-state index contributed by atoms with van der Waals surface area (Å²) in [7, 11) is 0. The van der Waals surface area contributed by atoms with Gasteiger partial charge in [0.1, 0.15) is 0 Å². The molecule has 0 saturated heterocycles. The fourth-order valence-corrected chi connectivity index (χ4v) is 4.44. The van der Waals surface area contributed by atoms with Gasteiger partial charge in [-0.3, -0.25) is 4.79 Å². The lowest BCUT2D eigenvalue weighted by molar-refractivity contribution is 0.103. The van der Waals surface area contributed by atoms with Crippen LogP contribution < -0.4 is 0 Å². The fourth-order valence-electron chi connectivity index (χ4n) is 2.76. The molecule has 0 saturated carbocycles. The van der Waals surface area contributed by atoms with E-state index in [1.54, 1.807) is 23.5 Å². The van der Waals surface area contributed by atoms with E-state index in [4.69, 9.17) is 0 Å². The van der Waals surface area contributed by atoms with E-state index in [1.807, 2.05) is 84.9 Å². The van der Waals surface area contributed by atoms with Crippen molar-refractivity contribution < 1.29 is 4.79 Å². The molecule has 0 N–H and O–H groups in total. The van der Waals surface area contributed by atoms with Crippen molar-refractivity contribution in [1.82, 2.24) is 0 Å². The van der Waals surface area contributed by atoms with Gasteiger partial charge in [-0.15, -0.1) is 0 Å². The number of hydrogen-bond donors (Lipinski definition) is 0. The maximum Gasteiger partial charge on any atom is 0.193 e. The van der Waals surface area contributed by atoms with Gasteiger partial charge in [0.05, 0.1) is 0 Å². The molecule has 0 fully saturated rings. The van der Waals surface area contributed by atoms with Crippen molar-refractivity contribution in [1.29, 1.82) is 0 Å². The standard InChI is InChI=1S/C25H18OS2/c26-25(19-11-15-23(16-12-19)27-21-7-3-1-4-8-21)20-13-17-24(18-14-20)28-22-9-5-2-6-10-22/h1-18H. The van der Waals surface area contributed by atoms with Crippen LogP contribution in [-0.4, -0.2) is 5.78 Å². The normalized spacial score (nSPS) is 10.6. The van der Waals surface area contributed by atoms with Crippen molar-refractivity contribution in [3.8, 4) is 0 Å². The molecule has 4 aromatic carbocycles. The summed E-state index contributed by atoms with van der Waals surface area (Å²) in [5.41, 5.74) is 1.42. The summed E-state index contributed by atoms with van der Waals surface area (Å²) < 4.78 is 0. The number of carbonyl (C=O) groups excluding carboxylic acids is 1. The van der Waals surface area contributed by atoms with Crippen molar-refractivity contribution in [3.05, 3.63) is 120 Å². The lowest BCUT2D eigenvalue weighted by Gasteiger charge is -2.06. The number of carbonyl (C=O) groups is 1. The lowest BCUT2D eigenvalue weighted by atomic mass is 10.0. The number of hydrogen-bond acceptors (Lipinski definition) is 3. The van der Waals surface area contributed by atoms with Crippen molar-refractivity contribution >= 4 is 29.3 Å². The van der Waals surface area contributed by atoms with Crippen LogP contribution in [0.15, 0.2) is 129 Å². The minimum atomic E-state index is 0.0486. The first kappa shape index (κ1) is 18.6. The molecule has 0 amide bonds. The first-order valence-corrected chi connectivity index (χ1v) is 10.6. The third-order valence-corrected chi connectivity index (χ3v) is 6.22. The molecule has 3 heteroatoms. The molecule has 0 aliphatic rings. The summed E-state index contributed by atoms with van der Waals surface area (Å²) in [6, 6.07) is 36.1. The van der Waals surface area contributed by atoms with E-state index in [9.17, 15) is 4.79 Å². The Labute approximate surface area is 173 Å². The third-order valence-electron chi connectivity index (χ3n) is 4.19. The Morgan fingerprint density at radius 2 is 0.750 bits per heavy atom. The van der Waals surface area contributed by atoms with Crippen LogP contribution in [0.3, 0.4) is 0 Å². The fraction of sp³-hybridized carbons (Fsp3) is 0. The first-order chi connectivity index (χ1) is 13.8. The van der Waals surface area contributed by atoms with Gasteiger partial charge in [0.15, 0.2) is 5.78 Å². The summed E-state index contributed by atoms with van der Waals surface area (Å²) in [6.45, 7) is 0. The Balaban J connectivity index is 1.44. The predicted octanol–water partition coefficient (Wildman–Crippen LogP) is 7.22. The van der Waals surface area contributed by atoms with Gasteiger partial charge in [0.2, 0.25) is 0 Å². The predicted molar refractivity (Wildman–Crippen MR) is 117 cm³/mol. The quantitative estimate of drug-likeness (QED) is 0.319. The largest absolute Gasteiger partial charge is 0.289 e. The van der Waals surface area contributed by atoms with Crippen molar-refractivity contribution in [2.45, 2.75) is 19.6 Å². The zero-order valence-corrected chi connectivity index (χ0v) is 16.8. The minimum Gasteiger partial charge on any atom is -0.289 e. The topological polar surface area (TPSA) is 17.1 Å². The van der Waals surface area contributed by atoms with E-state index in [1.165, 1.54) is 9.79 Å². The molecule has 0 atom stereocenters. The molecule has 0 spiro atoms. The SMILES string of the molecule is O=C(c1ccc(Sc2ccccc2)cc1)c1ccc(Sc2ccccc2)cc1. The minimum absolute atomic E-state index is 0.0486. The summed E-state index contributed by atoms with van der Waals surface area (Å²) >= 11 is 3.39. The van der Waals surface area contributed by atoms with Crippen LogP contribution in [0.25, 0.3) is 0 Å². The van der Waals surface area contributed by atoms with Gasteiger partial charge in [-0.1, -0.05) is 59.9 Å². The van der Waals surface area contributed by atoms with E-state index >= 15 is 0 Å². The van der Waals surface area contributed by atoms with E-state index in [-0.39, 0.29) is 5.78 Å². The van der Waals surface area contributed by atoms with Gasteiger partial charge in [0, 0.05) is 30.7 Å². The van der Waals surface area contributed by atoms with Crippen LogP contribution in [0.5, 0.6) is 0 Å².